The molecule has 17 heavy (non-hydrogen) atoms. The van der Waals surface area contributed by atoms with Crippen molar-refractivity contribution < 1.29 is 0 Å². The molecule has 0 spiro atoms. The normalized spacial score (nSPS) is 14.9. The fourth-order valence-corrected chi connectivity index (χ4v) is 2.46. The fraction of sp³-hybridized carbons (Fsp3) is 0.417. The molecule has 0 radical (unpaired) electrons. The van der Waals surface area contributed by atoms with Crippen LogP contribution in [0.25, 0.3) is 11.0 Å². The number of nitrogens with one attached hydrogen (secondary N) is 1. The summed E-state index contributed by atoms with van der Waals surface area (Å²) in [6.45, 7) is 0.226. The van der Waals surface area contributed by atoms with Crippen LogP contribution in [-0.2, 0) is 19.4 Å². The molecule has 0 aromatic carbocycles. The van der Waals surface area contributed by atoms with Crippen LogP contribution in [-0.4, -0.2) is 15.0 Å². The maximum Gasteiger partial charge on any atom is 0.260 e. The molecular weight excluding hydrogens is 216 g/mol. The van der Waals surface area contributed by atoms with Crippen molar-refractivity contribution in [2.45, 2.75) is 32.2 Å². The molecular formula is C12H14N4O. The molecule has 5 heteroatoms. The second-order valence-corrected chi connectivity index (χ2v) is 4.38. The Morgan fingerprint density at radius 2 is 2.18 bits per heavy atom. The summed E-state index contributed by atoms with van der Waals surface area (Å²) in [6, 6.07) is 0. The zero-order valence-corrected chi connectivity index (χ0v) is 9.49. The van der Waals surface area contributed by atoms with Crippen molar-refractivity contribution in [2.75, 3.05) is 0 Å². The third-order valence-electron chi connectivity index (χ3n) is 3.30. The number of aryl methyl sites for hydroxylation is 2. The van der Waals surface area contributed by atoms with Gasteiger partial charge >= 0.3 is 0 Å². The fourth-order valence-electron chi connectivity index (χ4n) is 2.46. The molecule has 0 amide bonds. The number of H-pyrrole nitrogens is 1. The minimum Gasteiger partial charge on any atom is -0.324 e. The average molecular weight is 230 g/mol. The molecule has 1 aliphatic carbocycles. The lowest BCUT2D eigenvalue weighted by Crippen LogP contribution is -2.18. The van der Waals surface area contributed by atoms with Crippen LogP contribution in [0, 0.1) is 0 Å². The molecule has 0 bridgehead atoms. The molecule has 88 valence electrons. The van der Waals surface area contributed by atoms with Crippen molar-refractivity contribution in [1.29, 1.82) is 0 Å². The van der Waals surface area contributed by atoms with E-state index in [1.165, 1.54) is 12.0 Å². The quantitative estimate of drug-likeness (QED) is 0.753. The maximum atomic E-state index is 12.0. The summed E-state index contributed by atoms with van der Waals surface area (Å²) in [5.74, 6) is 0.491. The predicted octanol–water partition coefficient (Wildman–Crippen LogP) is 0.656. The van der Waals surface area contributed by atoms with E-state index < -0.39 is 0 Å². The van der Waals surface area contributed by atoms with Gasteiger partial charge < -0.3 is 10.7 Å². The number of hydrogen-bond donors (Lipinski definition) is 2. The molecule has 2 aromatic rings. The smallest absolute Gasteiger partial charge is 0.260 e. The Labute approximate surface area is 98.1 Å². The molecule has 0 saturated heterocycles. The van der Waals surface area contributed by atoms with Gasteiger partial charge in [0.2, 0.25) is 0 Å². The van der Waals surface area contributed by atoms with Crippen LogP contribution in [0.3, 0.4) is 0 Å². The van der Waals surface area contributed by atoms with Gasteiger partial charge in [0.1, 0.15) is 5.82 Å². The number of pyridine rings is 1. The highest BCUT2D eigenvalue weighted by molar-refractivity contribution is 5.79. The first-order valence-corrected chi connectivity index (χ1v) is 5.89. The number of fused-ring (bicyclic) bond motifs is 3. The molecule has 3 rings (SSSR count). The van der Waals surface area contributed by atoms with Gasteiger partial charge in [0.05, 0.1) is 11.9 Å². The Balaban J connectivity index is 2.36. The van der Waals surface area contributed by atoms with E-state index in [0.717, 1.165) is 24.8 Å². The highest BCUT2D eigenvalue weighted by Crippen LogP contribution is 2.24. The van der Waals surface area contributed by atoms with Gasteiger partial charge in [-0.2, -0.15) is 0 Å². The summed E-state index contributed by atoms with van der Waals surface area (Å²) < 4.78 is 0. The number of hydrogen-bond acceptors (Lipinski definition) is 4. The predicted molar refractivity (Wildman–Crippen MR) is 64.7 cm³/mol. The van der Waals surface area contributed by atoms with Crippen molar-refractivity contribution in [3.05, 3.63) is 33.5 Å². The molecule has 0 unspecified atom stereocenters. The van der Waals surface area contributed by atoms with Gasteiger partial charge in [-0.1, -0.05) is 0 Å². The molecule has 5 nitrogen and oxygen atoms in total. The van der Waals surface area contributed by atoms with Crippen molar-refractivity contribution in [2.24, 2.45) is 5.73 Å². The molecule has 2 aromatic heterocycles. The summed E-state index contributed by atoms with van der Waals surface area (Å²) >= 11 is 0. The van der Waals surface area contributed by atoms with E-state index in [1.54, 1.807) is 0 Å². The zero-order chi connectivity index (χ0) is 11.8. The standard InChI is InChI=1S/C12H14N4O/c13-5-9-15-11-10(12(17)16-9)8-4-2-1-3-7(8)6-14-11/h6H,1-5,13H2,(H,14,15,16,17). The molecule has 0 saturated carbocycles. The molecule has 1 aliphatic rings. The molecule has 0 fully saturated rings. The van der Waals surface area contributed by atoms with Crippen molar-refractivity contribution in [3.8, 4) is 0 Å². The Kier molecular flexibility index (Phi) is 2.40. The van der Waals surface area contributed by atoms with E-state index in [4.69, 9.17) is 5.73 Å². The highest BCUT2D eigenvalue weighted by atomic mass is 16.1. The summed E-state index contributed by atoms with van der Waals surface area (Å²) in [6.07, 6.45) is 6.11. The largest absolute Gasteiger partial charge is 0.324 e. The van der Waals surface area contributed by atoms with Crippen molar-refractivity contribution in [3.63, 3.8) is 0 Å². The zero-order valence-electron chi connectivity index (χ0n) is 9.49. The number of aromatic amines is 1. The van der Waals surface area contributed by atoms with Crippen LogP contribution in [0.5, 0.6) is 0 Å². The Hall–Kier alpha value is -1.75. The maximum absolute atomic E-state index is 12.0. The van der Waals surface area contributed by atoms with Crippen LogP contribution in [0.1, 0.15) is 29.8 Å². The van der Waals surface area contributed by atoms with E-state index >= 15 is 0 Å². The number of nitrogens with zero attached hydrogens (tertiary/aromatic N) is 2. The van der Waals surface area contributed by atoms with E-state index in [1.807, 2.05) is 6.20 Å². The first-order valence-electron chi connectivity index (χ1n) is 5.89. The van der Waals surface area contributed by atoms with Gasteiger partial charge in [0, 0.05) is 6.20 Å². The van der Waals surface area contributed by atoms with Crippen LogP contribution in [0.4, 0.5) is 0 Å². The topological polar surface area (TPSA) is 84.7 Å². The highest BCUT2D eigenvalue weighted by Gasteiger charge is 2.16. The van der Waals surface area contributed by atoms with Crippen molar-refractivity contribution in [1.82, 2.24) is 15.0 Å². The van der Waals surface area contributed by atoms with Gasteiger partial charge in [-0.25, -0.2) is 9.97 Å². The van der Waals surface area contributed by atoms with E-state index in [-0.39, 0.29) is 12.1 Å². The number of aromatic nitrogens is 3. The Morgan fingerprint density at radius 1 is 1.35 bits per heavy atom. The van der Waals surface area contributed by atoms with Crippen LogP contribution < -0.4 is 11.3 Å². The van der Waals surface area contributed by atoms with E-state index in [2.05, 4.69) is 15.0 Å². The Bertz CT molecular complexity index is 632. The van der Waals surface area contributed by atoms with Crippen LogP contribution in [0.2, 0.25) is 0 Å². The van der Waals surface area contributed by atoms with Gasteiger partial charge in [0.25, 0.3) is 5.56 Å². The second-order valence-electron chi connectivity index (χ2n) is 4.38. The van der Waals surface area contributed by atoms with Gasteiger partial charge in [-0.05, 0) is 36.8 Å². The minimum absolute atomic E-state index is 0.110. The molecule has 3 N–H and O–H groups in total. The van der Waals surface area contributed by atoms with E-state index in [9.17, 15) is 4.79 Å². The number of rotatable bonds is 1. The molecule has 0 aliphatic heterocycles. The lowest BCUT2D eigenvalue weighted by atomic mass is 9.91. The van der Waals surface area contributed by atoms with Crippen LogP contribution >= 0.6 is 0 Å². The Morgan fingerprint density at radius 3 is 3.00 bits per heavy atom. The van der Waals surface area contributed by atoms with Crippen LogP contribution in [0.15, 0.2) is 11.0 Å². The summed E-state index contributed by atoms with van der Waals surface area (Å²) in [4.78, 5) is 23.3. The van der Waals surface area contributed by atoms with Crippen molar-refractivity contribution >= 4 is 11.0 Å². The summed E-state index contributed by atoms with van der Waals surface area (Å²) in [5.41, 5.74) is 8.22. The average Bonchev–Trinajstić information content (AvgIpc) is 2.37. The summed E-state index contributed by atoms with van der Waals surface area (Å²) in [5, 5.41) is 0.652. The number of nitrogens with two attached hydrogens (primary N) is 1. The lowest BCUT2D eigenvalue weighted by Gasteiger charge is -2.16. The minimum atomic E-state index is -0.110. The molecule has 0 atom stereocenters. The van der Waals surface area contributed by atoms with Gasteiger partial charge in [-0.15, -0.1) is 0 Å². The monoisotopic (exact) mass is 230 g/mol. The first-order chi connectivity index (χ1) is 8.29. The first kappa shape index (κ1) is 10.4. The summed E-state index contributed by atoms with van der Waals surface area (Å²) in [7, 11) is 0. The SMILES string of the molecule is NCc1nc2ncc3c(c2c(=O)[nH]1)CCCC3. The third kappa shape index (κ3) is 1.63. The molecule has 2 heterocycles. The third-order valence-corrected chi connectivity index (χ3v) is 3.30. The lowest BCUT2D eigenvalue weighted by molar-refractivity contribution is 0.686. The second kappa shape index (κ2) is 3.92. The van der Waals surface area contributed by atoms with E-state index in [0.29, 0.717) is 16.9 Å². The van der Waals surface area contributed by atoms with Gasteiger partial charge in [-0.3, -0.25) is 4.79 Å². The van der Waals surface area contributed by atoms with Gasteiger partial charge in [0.15, 0.2) is 5.65 Å².